The first-order chi connectivity index (χ1) is 10.2. The molecule has 1 atom stereocenters. The van der Waals surface area contributed by atoms with Crippen molar-refractivity contribution in [2.75, 3.05) is 7.11 Å². The van der Waals surface area contributed by atoms with Crippen LogP contribution in [-0.2, 0) is 9.53 Å². The lowest BCUT2D eigenvalue weighted by atomic mass is 10.1. The van der Waals surface area contributed by atoms with Gasteiger partial charge in [-0.1, -0.05) is 31.0 Å². The van der Waals surface area contributed by atoms with Crippen molar-refractivity contribution in [2.45, 2.75) is 25.3 Å². The van der Waals surface area contributed by atoms with Crippen LogP contribution in [0.4, 0.5) is 0 Å². The van der Waals surface area contributed by atoms with Crippen LogP contribution in [0.3, 0.4) is 0 Å². The molecule has 1 amide bonds. The summed E-state index contributed by atoms with van der Waals surface area (Å²) in [6.45, 7) is 0. The summed E-state index contributed by atoms with van der Waals surface area (Å²) >= 11 is 0. The van der Waals surface area contributed by atoms with Crippen LogP contribution in [0, 0.1) is 5.92 Å². The highest BCUT2D eigenvalue weighted by Crippen LogP contribution is 2.33. The number of amides is 1. The number of rotatable bonds is 5. The van der Waals surface area contributed by atoms with Gasteiger partial charge in [-0.25, -0.2) is 4.79 Å². The van der Waals surface area contributed by atoms with Gasteiger partial charge in [0.05, 0.1) is 7.11 Å². The predicted octanol–water partition coefficient (Wildman–Crippen LogP) is 2.50. The number of nitrogens with one attached hydrogen (secondary N) is 1. The molecule has 0 bridgehead atoms. The molecule has 2 aromatic rings. The Morgan fingerprint density at radius 3 is 2.81 bits per heavy atom. The number of ether oxygens (including phenoxy) is 1. The fourth-order valence-corrected chi connectivity index (χ4v) is 2.37. The van der Waals surface area contributed by atoms with E-state index >= 15 is 0 Å². The van der Waals surface area contributed by atoms with Gasteiger partial charge >= 0.3 is 5.97 Å². The summed E-state index contributed by atoms with van der Waals surface area (Å²) in [5, 5.41) is 3.57. The molecule has 1 fully saturated rings. The number of benzene rings is 1. The van der Waals surface area contributed by atoms with E-state index in [1.54, 1.807) is 12.1 Å². The molecule has 1 aromatic carbocycles. The monoisotopic (exact) mass is 287 g/mol. The molecule has 0 saturated heterocycles. The van der Waals surface area contributed by atoms with Crippen molar-refractivity contribution < 1.29 is 18.7 Å². The van der Waals surface area contributed by atoms with Gasteiger partial charge in [-0.2, -0.15) is 0 Å². The summed E-state index contributed by atoms with van der Waals surface area (Å²) in [6, 6.07) is 8.46. The molecule has 1 aromatic heterocycles. The average molecular weight is 287 g/mol. The summed E-state index contributed by atoms with van der Waals surface area (Å²) in [4.78, 5) is 24.0. The van der Waals surface area contributed by atoms with Gasteiger partial charge in [0.15, 0.2) is 5.76 Å². The first-order valence-electron chi connectivity index (χ1n) is 7.04. The SMILES string of the molecule is COC(=O)C(CC1CC1)NC(=O)c1cc2ccccc2o1. The van der Waals surface area contributed by atoms with Gasteiger partial charge in [-0.15, -0.1) is 0 Å². The summed E-state index contributed by atoms with van der Waals surface area (Å²) in [6.07, 6.45) is 2.83. The smallest absolute Gasteiger partial charge is 0.328 e. The quantitative estimate of drug-likeness (QED) is 0.858. The predicted molar refractivity (Wildman–Crippen MR) is 76.8 cm³/mol. The molecule has 5 nitrogen and oxygen atoms in total. The summed E-state index contributed by atoms with van der Waals surface area (Å²) < 4.78 is 10.3. The van der Waals surface area contributed by atoms with Crippen molar-refractivity contribution in [2.24, 2.45) is 5.92 Å². The molecule has 0 radical (unpaired) electrons. The molecular formula is C16H17NO4. The van der Waals surface area contributed by atoms with Crippen LogP contribution in [0.1, 0.15) is 29.8 Å². The van der Waals surface area contributed by atoms with Crippen LogP contribution in [0.25, 0.3) is 11.0 Å². The van der Waals surface area contributed by atoms with Crippen LogP contribution >= 0.6 is 0 Å². The summed E-state index contributed by atoms with van der Waals surface area (Å²) in [5.74, 6) is -0.0837. The zero-order valence-electron chi connectivity index (χ0n) is 11.8. The Labute approximate surface area is 122 Å². The van der Waals surface area contributed by atoms with E-state index in [-0.39, 0.29) is 11.7 Å². The Balaban J connectivity index is 1.74. The van der Waals surface area contributed by atoms with Gasteiger partial charge in [0.2, 0.25) is 0 Å². The largest absolute Gasteiger partial charge is 0.467 e. The van der Waals surface area contributed by atoms with Crippen LogP contribution in [0.15, 0.2) is 34.7 Å². The van der Waals surface area contributed by atoms with Crippen molar-refractivity contribution in [3.8, 4) is 0 Å². The number of carbonyl (C=O) groups is 2. The van der Waals surface area contributed by atoms with Crippen LogP contribution in [0.2, 0.25) is 0 Å². The topological polar surface area (TPSA) is 68.5 Å². The highest BCUT2D eigenvalue weighted by atomic mass is 16.5. The van der Waals surface area contributed by atoms with Gasteiger partial charge in [-0.05, 0) is 24.5 Å². The fraction of sp³-hybridized carbons (Fsp3) is 0.375. The third-order valence-corrected chi connectivity index (χ3v) is 3.71. The Morgan fingerprint density at radius 1 is 1.38 bits per heavy atom. The molecule has 0 spiro atoms. The summed E-state index contributed by atoms with van der Waals surface area (Å²) in [5.41, 5.74) is 0.652. The van der Waals surface area contributed by atoms with Crippen molar-refractivity contribution in [3.05, 3.63) is 36.1 Å². The maximum atomic E-state index is 12.2. The number of furan rings is 1. The molecule has 1 unspecified atom stereocenters. The maximum Gasteiger partial charge on any atom is 0.328 e. The minimum absolute atomic E-state index is 0.209. The van der Waals surface area contributed by atoms with Crippen molar-refractivity contribution in [1.29, 1.82) is 0 Å². The van der Waals surface area contributed by atoms with Gasteiger partial charge in [0.1, 0.15) is 11.6 Å². The second-order valence-corrected chi connectivity index (χ2v) is 5.38. The van der Waals surface area contributed by atoms with Crippen molar-refractivity contribution in [3.63, 3.8) is 0 Å². The fourth-order valence-electron chi connectivity index (χ4n) is 2.37. The molecule has 1 aliphatic rings. The van der Waals surface area contributed by atoms with E-state index in [9.17, 15) is 9.59 Å². The molecule has 0 aliphatic heterocycles. The second kappa shape index (κ2) is 5.60. The summed E-state index contributed by atoms with van der Waals surface area (Å²) in [7, 11) is 1.33. The standard InChI is InChI=1S/C16H17NO4/c1-20-16(19)12(8-10-6-7-10)17-15(18)14-9-11-4-2-3-5-13(11)21-14/h2-5,9-10,12H,6-8H2,1H3,(H,17,18). The highest BCUT2D eigenvalue weighted by Gasteiger charge is 2.31. The van der Waals surface area contributed by atoms with E-state index in [0.717, 1.165) is 18.2 Å². The number of methoxy groups -OCH3 is 1. The molecular weight excluding hydrogens is 270 g/mol. The third kappa shape index (κ3) is 3.07. The number of hydrogen-bond donors (Lipinski definition) is 1. The second-order valence-electron chi connectivity index (χ2n) is 5.38. The van der Waals surface area contributed by atoms with Gasteiger partial charge < -0.3 is 14.5 Å². The van der Waals surface area contributed by atoms with E-state index in [0.29, 0.717) is 17.9 Å². The maximum absolute atomic E-state index is 12.2. The lowest BCUT2D eigenvalue weighted by Gasteiger charge is -2.15. The first kappa shape index (κ1) is 13.7. The Hall–Kier alpha value is -2.30. The number of fused-ring (bicyclic) bond motifs is 1. The first-order valence-corrected chi connectivity index (χ1v) is 7.04. The van der Waals surface area contributed by atoms with Crippen molar-refractivity contribution in [1.82, 2.24) is 5.32 Å². The zero-order chi connectivity index (χ0) is 14.8. The van der Waals surface area contributed by atoms with Crippen LogP contribution < -0.4 is 5.32 Å². The number of para-hydroxylation sites is 1. The molecule has 1 N–H and O–H groups in total. The average Bonchev–Trinajstić information content (AvgIpc) is 3.20. The number of hydrogen-bond acceptors (Lipinski definition) is 4. The normalized spacial score (nSPS) is 15.7. The molecule has 1 saturated carbocycles. The minimum atomic E-state index is -0.608. The lowest BCUT2D eigenvalue weighted by molar-refractivity contribution is -0.143. The minimum Gasteiger partial charge on any atom is -0.467 e. The lowest BCUT2D eigenvalue weighted by Crippen LogP contribution is -2.41. The van der Waals surface area contributed by atoms with E-state index in [1.807, 2.05) is 18.2 Å². The molecule has 21 heavy (non-hydrogen) atoms. The van der Waals surface area contributed by atoms with Gasteiger partial charge in [-0.3, -0.25) is 4.79 Å². The van der Waals surface area contributed by atoms with Gasteiger partial charge in [0.25, 0.3) is 5.91 Å². The molecule has 3 rings (SSSR count). The Morgan fingerprint density at radius 2 is 2.14 bits per heavy atom. The Kier molecular flexibility index (Phi) is 3.64. The van der Waals surface area contributed by atoms with E-state index in [1.165, 1.54) is 7.11 Å². The molecule has 1 heterocycles. The number of esters is 1. The molecule has 5 heteroatoms. The Bertz CT molecular complexity index is 639. The van der Waals surface area contributed by atoms with Crippen molar-refractivity contribution >= 4 is 22.8 Å². The molecule has 1 aliphatic carbocycles. The van der Waals surface area contributed by atoms with Gasteiger partial charge in [0, 0.05) is 5.39 Å². The van der Waals surface area contributed by atoms with E-state index in [4.69, 9.17) is 9.15 Å². The number of carbonyl (C=O) groups excluding carboxylic acids is 2. The van der Waals surface area contributed by atoms with Crippen LogP contribution in [-0.4, -0.2) is 25.0 Å². The highest BCUT2D eigenvalue weighted by molar-refractivity contribution is 5.98. The van der Waals surface area contributed by atoms with Crippen LogP contribution in [0.5, 0.6) is 0 Å². The zero-order valence-corrected chi connectivity index (χ0v) is 11.8. The third-order valence-electron chi connectivity index (χ3n) is 3.71. The molecule has 110 valence electrons. The van der Waals surface area contributed by atoms with E-state index < -0.39 is 12.0 Å². The van der Waals surface area contributed by atoms with E-state index in [2.05, 4.69) is 5.32 Å².